The quantitative estimate of drug-likeness (QED) is 0.827. The topological polar surface area (TPSA) is 19.4 Å². The van der Waals surface area contributed by atoms with Crippen LogP contribution in [-0.2, 0) is 0 Å². The minimum absolute atomic E-state index is 0.473. The normalized spacial score (nSPS) is 20.5. The third-order valence-electron chi connectivity index (χ3n) is 4.05. The van der Waals surface area contributed by atoms with Crippen LogP contribution in [0, 0.1) is 0 Å². The zero-order valence-electron chi connectivity index (χ0n) is 12.9. The highest BCUT2D eigenvalue weighted by atomic mass is 15.2. The van der Waals surface area contributed by atoms with E-state index in [0.717, 1.165) is 0 Å². The second-order valence-electron chi connectivity index (χ2n) is 6.15. The van der Waals surface area contributed by atoms with Crippen LogP contribution in [0.5, 0.6) is 0 Å². The molecule has 0 amide bonds. The summed E-state index contributed by atoms with van der Waals surface area (Å²) in [5.41, 5.74) is 1.39. The molecule has 0 saturated carbocycles. The van der Waals surface area contributed by atoms with E-state index in [9.17, 15) is 0 Å². The molecule has 1 saturated heterocycles. The molecule has 0 spiro atoms. The monoisotopic (exact) mass is 261 g/mol. The Labute approximate surface area is 117 Å². The maximum Gasteiger partial charge on any atom is 0.133 e. The largest absolute Gasteiger partial charge is 0.351 e. The predicted octanol–water partition coefficient (Wildman–Crippen LogP) is 3.47. The van der Waals surface area contributed by atoms with Gasteiger partial charge in [0, 0.05) is 29.9 Å². The van der Waals surface area contributed by atoms with Crippen molar-refractivity contribution in [2.45, 2.75) is 58.7 Å². The van der Waals surface area contributed by atoms with Crippen molar-refractivity contribution in [3.8, 4) is 0 Å². The van der Waals surface area contributed by atoms with Crippen LogP contribution in [0.1, 0.15) is 52.1 Å². The van der Waals surface area contributed by atoms with Crippen LogP contribution >= 0.6 is 0 Å². The lowest BCUT2D eigenvalue weighted by Gasteiger charge is -2.35. The van der Waals surface area contributed by atoms with Gasteiger partial charge in [-0.15, -0.1) is 0 Å². The van der Waals surface area contributed by atoms with Gasteiger partial charge in [-0.05, 0) is 60.2 Å². The second kappa shape index (κ2) is 5.91. The average Bonchev–Trinajstić information content (AvgIpc) is 2.75. The molecule has 0 aliphatic carbocycles. The van der Waals surface area contributed by atoms with E-state index in [0.29, 0.717) is 18.1 Å². The van der Waals surface area contributed by atoms with Crippen LogP contribution in [0.3, 0.4) is 0 Å². The first kappa shape index (κ1) is 14.3. The molecule has 1 aliphatic rings. The molecule has 0 bridgehead atoms. The van der Waals surface area contributed by atoms with E-state index >= 15 is 0 Å². The first-order valence-corrected chi connectivity index (χ1v) is 7.46. The third-order valence-corrected chi connectivity index (χ3v) is 4.05. The van der Waals surface area contributed by atoms with E-state index in [4.69, 9.17) is 4.98 Å². The minimum Gasteiger partial charge on any atom is -0.351 e. The molecule has 1 aromatic rings. The van der Waals surface area contributed by atoms with Gasteiger partial charge in [-0.1, -0.05) is 6.07 Å². The average molecular weight is 261 g/mol. The van der Waals surface area contributed by atoms with Crippen molar-refractivity contribution in [1.29, 1.82) is 0 Å². The van der Waals surface area contributed by atoms with Gasteiger partial charge in [0.2, 0.25) is 0 Å². The van der Waals surface area contributed by atoms with Crippen LogP contribution in [0.15, 0.2) is 18.3 Å². The minimum atomic E-state index is 0.473. The summed E-state index contributed by atoms with van der Waals surface area (Å²) in [4.78, 5) is 9.59. The number of likely N-dealkylation sites (tertiary alicyclic amines) is 1. The highest BCUT2D eigenvalue weighted by Gasteiger charge is 2.28. The number of hydrogen-bond acceptors (Lipinski definition) is 3. The van der Waals surface area contributed by atoms with Crippen molar-refractivity contribution in [2.75, 3.05) is 18.5 Å². The maximum atomic E-state index is 4.70. The van der Waals surface area contributed by atoms with E-state index in [1.165, 1.54) is 30.8 Å². The Morgan fingerprint density at radius 3 is 2.47 bits per heavy atom. The zero-order chi connectivity index (χ0) is 14.0. The fourth-order valence-electron chi connectivity index (χ4n) is 3.27. The Morgan fingerprint density at radius 1 is 1.26 bits per heavy atom. The van der Waals surface area contributed by atoms with Crippen molar-refractivity contribution in [3.63, 3.8) is 0 Å². The number of anilines is 1. The first-order chi connectivity index (χ1) is 9.02. The number of rotatable bonds is 4. The molecule has 3 nitrogen and oxygen atoms in total. The smallest absolute Gasteiger partial charge is 0.133 e. The van der Waals surface area contributed by atoms with Gasteiger partial charge >= 0.3 is 0 Å². The van der Waals surface area contributed by atoms with Gasteiger partial charge in [-0.25, -0.2) is 4.98 Å². The van der Waals surface area contributed by atoms with Crippen molar-refractivity contribution in [3.05, 3.63) is 23.9 Å². The molecule has 2 heterocycles. The van der Waals surface area contributed by atoms with E-state index in [1.807, 2.05) is 6.20 Å². The van der Waals surface area contributed by atoms with Crippen molar-refractivity contribution in [2.24, 2.45) is 0 Å². The maximum absolute atomic E-state index is 4.70. The molecule has 1 aliphatic heterocycles. The Bertz CT molecular complexity index is 406. The lowest BCUT2D eigenvalue weighted by atomic mass is 10.0. The Kier molecular flexibility index (Phi) is 4.46. The Morgan fingerprint density at radius 2 is 1.95 bits per heavy atom. The third kappa shape index (κ3) is 2.92. The van der Waals surface area contributed by atoms with Crippen LogP contribution in [0.4, 0.5) is 5.82 Å². The zero-order valence-corrected chi connectivity index (χ0v) is 12.9. The summed E-state index contributed by atoms with van der Waals surface area (Å²) in [5.74, 6) is 1.17. The fourth-order valence-corrected chi connectivity index (χ4v) is 3.27. The van der Waals surface area contributed by atoms with E-state index < -0.39 is 0 Å². The SMILES string of the molecule is CC(C)N(c1ncccc1C1CCCN1C)C(C)C. The van der Waals surface area contributed by atoms with Gasteiger partial charge in [0.05, 0.1) is 0 Å². The van der Waals surface area contributed by atoms with E-state index in [-0.39, 0.29) is 0 Å². The number of nitrogens with zero attached hydrogens (tertiary/aromatic N) is 3. The molecule has 19 heavy (non-hydrogen) atoms. The standard InChI is InChI=1S/C16H27N3/c1-12(2)19(13(3)4)16-14(8-6-10-17-16)15-9-7-11-18(15)5/h6,8,10,12-13,15H,7,9,11H2,1-5H3. The lowest BCUT2D eigenvalue weighted by Crippen LogP contribution is -2.39. The van der Waals surface area contributed by atoms with Gasteiger partial charge in [0.15, 0.2) is 0 Å². The summed E-state index contributed by atoms with van der Waals surface area (Å²) in [5, 5.41) is 0. The Hall–Kier alpha value is -1.09. The molecule has 1 fully saturated rings. The molecule has 1 aromatic heterocycles. The predicted molar refractivity (Wildman–Crippen MR) is 81.6 cm³/mol. The molecule has 0 N–H and O–H groups in total. The fraction of sp³-hybridized carbons (Fsp3) is 0.688. The lowest BCUT2D eigenvalue weighted by molar-refractivity contribution is 0.316. The molecular formula is C16H27N3. The second-order valence-corrected chi connectivity index (χ2v) is 6.15. The Balaban J connectivity index is 2.40. The summed E-state index contributed by atoms with van der Waals surface area (Å²) < 4.78 is 0. The van der Waals surface area contributed by atoms with Gasteiger partial charge in [0.25, 0.3) is 0 Å². The van der Waals surface area contributed by atoms with Gasteiger partial charge in [0.1, 0.15) is 5.82 Å². The summed E-state index contributed by atoms with van der Waals surface area (Å²) >= 11 is 0. The molecule has 106 valence electrons. The summed E-state index contributed by atoms with van der Waals surface area (Å²) in [7, 11) is 2.23. The van der Waals surface area contributed by atoms with E-state index in [1.54, 1.807) is 0 Å². The first-order valence-electron chi connectivity index (χ1n) is 7.46. The van der Waals surface area contributed by atoms with Crippen LogP contribution in [0.2, 0.25) is 0 Å². The van der Waals surface area contributed by atoms with E-state index in [2.05, 4.69) is 56.7 Å². The van der Waals surface area contributed by atoms with Crippen molar-refractivity contribution >= 4 is 5.82 Å². The van der Waals surface area contributed by atoms with Gasteiger partial charge in [-0.3, -0.25) is 4.90 Å². The van der Waals surface area contributed by atoms with Gasteiger partial charge < -0.3 is 4.90 Å². The molecule has 0 aromatic carbocycles. The number of aromatic nitrogens is 1. The number of pyridine rings is 1. The molecule has 3 heteroatoms. The molecule has 1 atom stereocenters. The van der Waals surface area contributed by atoms with Crippen molar-refractivity contribution in [1.82, 2.24) is 9.88 Å². The van der Waals surface area contributed by atoms with Gasteiger partial charge in [-0.2, -0.15) is 0 Å². The van der Waals surface area contributed by atoms with Crippen LogP contribution < -0.4 is 4.90 Å². The molecule has 2 rings (SSSR count). The highest BCUT2D eigenvalue weighted by Crippen LogP contribution is 2.36. The molecule has 1 unspecified atom stereocenters. The molecule has 0 radical (unpaired) electrons. The number of hydrogen-bond donors (Lipinski definition) is 0. The van der Waals surface area contributed by atoms with Crippen LogP contribution in [-0.4, -0.2) is 35.6 Å². The highest BCUT2D eigenvalue weighted by molar-refractivity contribution is 5.50. The van der Waals surface area contributed by atoms with Crippen LogP contribution in [0.25, 0.3) is 0 Å². The summed E-state index contributed by atoms with van der Waals surface area (Å²) in [6, 6.07) is 5.81. The summed E-state index contributed by atoms with van der Waals surface area (Å²) in [6.45, 7) is 10.2. The van der Waals surface area contributed by atoms with Crippen molar-refractivity contribution < 1.29 is 0 Å². The molecular weight excluding hydrogens is 234 g/mol. The summed E-state index contributed by atoms with van der Waals surface area (Å²) in [6.07, 6.45) is 4.46.